The summed E-state index contributed by atoms with van der Waals surface area (Å²) in [4.78, 5) is 7.40. The second kappa shape index (κ2) is 8.02. The molecule has 0 unspecified atom stereocenters. The molecular formula is C20H31N3O. The van der Waals surface area contributed by atoms with Gasteiger partial charge in [-0.25, -0.2) is 4.99 Å². The number of likely N-dealkylation sites (tertiary alicyclic amines) is 1. The van der Waals surface area contributed by atoms with E-state index < -0.39 is 0 Å². The van der Waals surface area contributed by atoms with Gasteiger partial charge in [0.2, 0.25) is 0 Å². The molecule has 1 aromatic carbocycles. The van der Waals surface area contributed by atoms with Crippen LogP contribution >= 0.6 is 0 Å². The zero-order chi connectivity index (χ0) is 16.8. The van der Waals surface area contributed by atoms with Crippen LogP contribution in [0, 0.1) is 5.41 Å². The Morgan fingerprint density at radius 3 is 2.62 bits per heavy atom. The Balaban J connectivity index is 1.68. The third-order valence-electron chi connectivity index (χ3n) is 5.47. The molecule has 24 heavy (non-hydrogen) atoms. The van der Waals surface area contributed by atoms with Crippen LogP contribution in [-0.4, -0.2) is 37.1 Å². The van der Waals surface area contributed by atoms with Crippen molar-refractivity contribution in [3.8, 4) is 0 Å². The van der Waals surface area contributed by atoms with Crippen LogP contribution in [0.15, 0.2) is 29.3 Å². The number of benzene rings is 1. The van der Waals surface area contributed by atoms with E-state index in [1.165, 1.54) is 43.4 Å². The van der Waals surface area contributed by atoms with E-state index in [1.54, 1.807) is 0 Å². The highest BCUT2D eigenvalue weighted by Gasteiger charge is 2.43. The van der Waals surface area contributed by atoms with Crippen LogP contribution in [0.3, 0.4) is 0 Å². The van der Waals surface area contributed by atoms with Gasteiger partial charge in [0.15, 0.2) is 5.96 Å². The maximum atomic E-state index is 5.59. The van der Waals surface area contributed by atoms with Crippen molar-refractivity contribution in [2.45, 2.75) is 52.7 Å². The molecule has 1 aliphatic carbocycles. The molecule has 0 bridgehead atoms. The molecule has 0 atom stereocenters. The number of nitrogens with zero attached hydrogens (tertiary/aromatic N) is 2. The normalized spacial score (nSPS) is 19.6. The quantitative estimate of drug-likeness (QED) is 0.640. The Bertz CT molecular complexity index is 566. The number of hydrogen-bond donors (Lipinski definition) is 1. The minimum absolute atomic E-state index is 0.600. The van der Waals surface area contributed by atoms with Gasteiger partial charge in [-0.15, -0.1) is 0 Å². The number of ether oxygens (including phenoxy) is 1. The Morgan fingerprint density at radius 2 is 2.00 bits per heavy atom. The van der Waals surface area contributed by atoms with E-state index in [2.05, 4.69) is 41.4 Å². The van der Waals surface area contributed by atoms with Gasteiger partial charge in [-0.3, -0.25) is 0 Å². The Kier molecular flexibility index (Phi) is 5.77. The van der Waals surface area contributed by atoms with Crippen LogP contribution in [-0.2, 0) is 17.9 Å². The zero-order valence-corrected chi connectivity index (χ0v) is 15.2. The average molecular weight is 329 g/mol. The zero-order valence-electron chi connectivity index (χ0n) is 15.2. The van der Waals surface area contributed by atoms with Gasteiger partial charge < -0.3 is 15.0 Å². The van der Waals surface area contributed by atoms with Gasteiger partial charge in [0.05, 0.1) is 13.2 Å². The lowest BCUT2D eigenvalue weighted by Crippen LogP contribution is -2.42. The molecule has 0 amide bonds. The summed E-state index contributed by atoms with van der Waals surface area (Å²) in [7, 11) is 0. The Morgan fingerprint density at radius 1 is 1.21 bits per heavy atom. The molecule has 2 fully saturated rings. The molecule has 1 N–H and O–H groups in total. The van der Waals surface area contributed by atoms with E-state index in [0.717, 1.165) is 32.2 Å². The minimum atomic E-state index is 0.600. The van der Waals surface area contributed by atoms with Gasteiger partial charge >= 0.3 is 0 Å². The molecule has 4 heteroatoms. The maximum absolute atomic E-state index is 5.59. The lowest BCUT2D eigenvalue weighted by atomic mass is 9.68. The van der Waals surface area contributed by atoms with Gasteiger partial charge in [-0.1, -0.05) is 30.7 Å². The van der Waals surface area contributed by atoms with E-state index in [4.69, 9.17) is 9.73 Å². The SMILES string of the molecule is CCNC(=NCc1ccccc1COCC)N1CCC2(CCC2)C1. The first kappa shape index (κ1) is 17.3. The summed E-state index contributed by atoms with van der Waals surface area (Å²) in [6.07, 6.45) is 5.55. The van der Waals surface area contributed by atoms with E-state index in [9.17, 15) is 0 Å². The van der Waals surface area contributed by atoms with Gasteiger partial charge in [0, 0.05) is 26.2 Å². The topological polar surface area (TPSA) is 36.9 Å². The van der Waals surface area contributed by atoms with Crippen LogP contribution < -0.4 is 5.32 Å². The van der Waals surface area contributed by atoms with Crippen LogP contribution in [0.4, 0.5) is 0 Å². The molecule has 132 valence electrons. The lowest BCUT2D eigenvalue weighted by Gasteiger charge is -2.38. The van der Waals surface area contributed by atoms with Gasteiger partial charge in [-0.05, 0) is 49.7 Å². The number of aliphatic imine (C=N–C) groups is 1. The molecule has 1 aromatic rings. The van der Waals surface area contributed by atoms with Crippen molar-refractivity contribution in [1.29, 1.82) is 0 Å². The van der Waals surface area contributed by atoms with Crippen LogP contribution in [0.25, 0.3) is 0 Å². The summed E-state index contributed by atoms with van der Waals surface area (Å²) in [5, 5.41) is 3.49. The fourth-order valence-electron chi connectivity index (χ4n) is 3.85. The predicted octanol–water partition coefficient (Wildman–Crippen LogP) is 3.56. The fourth-order valence-corrected chi connectivity index (χ4v) is 3.85. The summed E-state index contributed by atoms with van der Waals surface area (Å²) in [6, 6.07) is 8.48. The number of hydrogen-bond acceptors (Lipinski definition) is 2. The molecule has 1 aliphatic heterocycles. The fraction of sp³-hybridized carbons (Fsp3) is 0.650. The molecule has 1 spiro atoms. The minimum Gasteiger partial charge on any atom is -0.377 e. The molecule has 1 saturated heterocycles. The second-order valence-corrected chi connectivity index (χ2v) is 7.10. The summed E-state index contributed by atoms with van der Waals surface area (Å²) in [5.74, 6) is 1.08. The summed E-state index contributed by atoms with van der Waals surface area (Å²) >= 11 is 0. The predicted molar refractivity (Wildman–Crippen MR) is 99.1 cm³/mol. The van der Waals surface area contributed by atoms with Gasteiger partial charge in [0.25, 0.3) is 0 Å². The first-order valence-corrected chi connectivity index (χ1v) is 9.44. The maximum Gasteiger partial charge on any atom is 0.194 e. The molecule has 3 rings (SSSR count). The smallest absolute Gasteiger partial charge is 0.194 e. The summed E-state index contributed by atoms with van der Waals surface area (Å²) in [5.41, 5.74) is 3.11. The Labute approximate surface area is 146 Å². The van der Waals surface area contributed by atoms with Crippen LogP contribution in [0.2, 0.25) is 0 Å². The molecule has 0 radical (unpaired) electrons. The third-order valence-corrected chi connectivity index (χ3v) is 5.47. The standard InChI is InChI=1S/C20H31N3O/c1-3-21-19(23-13-12-20(16-23)10-7-11-20)22-14-17-8-5-6-9-18(17)15-24-4-2/h5-6,8-9H,3-4,7,10-16H2,1-2H3,(H,21,22). The molecule has 1 saturated carbocycles. The van der Waals surface area contributed by atoms with E-state index in [1.807, 2.05) is 6.92 Å². The number of nitrogens with one attached hydrogen (secondary N) is 1. The van der Waals surface area contributed by atoms with Crippen molar-refractivity contribution >= 4 is 5.96 Å². The first-order valence-electron chi connectivity index (χ1n) is 9.44. The number of rotatable bonds is 6. The lowest BCUT2D eigenvalue weighted by molar-refractivity contribution is 0.133. The second-order valence-electron chi connectivity index (χ2n) is 7.10. The van der Waals surface area contributed by atoms with Gasteiger partial charge in [-0.2, -0.15) is 0 Å². The monoisotopic (exact) mass is 329 g/mol. The largest absolute Gasteiger partial charge is 0.377 e. The molecule has 2 aliphatic rings. The molecule has 4 nitrogen and oxygen atoms in total. The molecular weight excluding hydrogens is 298 g/mol. The summed E-state index contributed by atoms with van der Waals surface area (Å²) < 4.78 is 5.59. The van der Waals surface area contributed by atoms with E-state index in [0.29, 0.717) is 12.0 Å². The highest BCUT2D eigenvalue weighted by Crippen LogP contribution is 2.47. The van der Waals surface area contributed by atoms with Crippen molar-refractivity contribution in [3.63, 3.8) is 0 Å². The van der Waals surface area contributed by atoms with Crippen molar-refractivity contribution < 1.29 is 4.74 Å². The van der Waals surface area contributed by atoms with Crippen LogP contribution in [0.5, 0.6) is 0 Å². The average Bonchev–Trinajstić information content (AvgIpc) is 3.03. The third kappa shape index (κ3) is 3.92. The highest BCUT2D eigenvalue weighted by atomic mass is 16.5. The van der Waals surface area contributed by atoms with E-state index in [-0.39, 0.29) is 0 Å². The van der Waals surface area contributed by atoms with Crippen molar-refractivity contribution in [1.82, 2.24) is 10.2 Å². The van der Waals surface area contributed by atoms with Crippen molar-refractivity contribution in [2.75, 3.05) is 26.2 Å². The molecule has 0 aromatic heterocycles. The highest BCUT2D eigenvalue weighted by molar-refractivity contribution is 5.80. The van der Waals surface area contributed by atoms with Crippen molar-refractivity contribution in [2.24, 2.45) is 10.4 Å². The number of guanidine groups is 1. The Hall–Kier alpha value is -1.55. The van der Waals surface area contributed by atoms with Crippen LogP contribution in [0.1, 0.15) is 50.7 Å². The van der Waals surface area contributed by atoms with E-state index >= 15 is 0 Å². The molecule has 1 heterocycles. The van der Waals surface area contributed by atoms with Gasteiger partial charge in [0.1, 0.15) is 0 Å². The van der Waals surface area contributed by atoms with Crippen molar-refractivity contribution in [3.05, 3.63) is 35.4 Å². The first-order chi connectivity index (χ1) is 11.8. The summed E-state index contributed by atoms with van der Waals surface area (Å²) in [6.45, 7) is 9.56.